The molecule has 9 heteroatoms. The summed E-state index contributed by atoms with van der Waals surface area (Å²) in [7, 11) is 1.49. The van der Waals surface area contributed by atoms with Crippen molar-refractivity contribution in [3.63, 3.8) is 0 Å². The van der Waals surface area contributed by atoms with Gasteiger partial charge in [-0.2, -0.15) is 5.10 Å². The molecule has 1 N–H and O–H groups in total. The Morgan fingerprint density at radius 3 is 2.55 bits per heavy atom. The Labute approximate surface area is 196 Å². The summed E-state index contributed by atoms with van der Waals surface area (Å²) in [5.41, 5.74) is 0.180. The lowest BCUT2D eigenvalue weighted by Crippen LogP contribution is -2.28. The van der Waals surface area contributed by atoms with Crippen LogP contribution in [0.2, 0.25) is 5.02 Å². The van der Waals surface area contributed by atoms with E-state index < -0.39 is 18.5 Å². The first-order valence-electron chi connectivity index (χ1n) is 10.7. The third-order valence-electron chi connectivity index (χ3n) is 5.05. The Morgan fingerprint density at radius 2 is 1.85 bits per heavy atom. The van der Waals surface area contributed by atoms with Gasteiger partial charge < -0.3 is 14.8 Å². The Bertz CT molecular complexity index is 1210. The number of halogens is 1. The SMILES string of the molecule is CCCCCCn1nc(C(=O)OCC(=O)Nc2ccc(OC)c(Cl)c2)c2ccccc2c1=O. The fraction of sp³-hybridized carbons (Fsp3) is 0.333. The summed E-state index contributed by atoms with van der Waals surface area (Å²) >= 11 is 6.06. The van der Waals surface area contributed by atoms with E-state index in [1.807, 2.05) is 0 Å². The topological polar surface area (TPSA) is 99.5 Å². The first kappa shape index (κ1) is 24.3. The second-order valence-electron chi connectivity index (χ2n) is 7.46. The number of unbranched alkanes of at least 4 members (excludes halogenated alkanes) is 3. The molecular formula is C24H26ClN3O5. The zero-order valence-electron chi connectivity index (χ0n) is 18.6. The molecule has 1 aromatic heterocycles. The molecule has 1 heterocycles. The highest BCUT2D eigenvalue weighted by molar-refractivity contribution is 6.32. The first-order valence-corrected chi connectivity index (χ1v) is 11.1. The number of esters is 1. The normalized spacial score (nSPS) is 10.8. The molecule has 0 atom stereocenters. The number of carbonyl (C=O) groups excluding carboxylic acids is 2. The van der Waals surface area contributed by atoms with Gasteiger partial charge >= 0.3 is 5.97 Å². The molecule has 1 amide bonds. The second kappa shape index (κ2) is 11.5. The smallest absolute Gasteiger partial charge is 0.359 e. The van der Waals surface area contributed by atoms with Gasteiger partial charge in [0.05, 0.1) is 17.5 Å². The Morgan fingerprint density at radius 1 is 1.09 bits per heavy atom. The van der Waals surface area contributed by atoms with E-state index in [1.165, 1.54) is 17.9 Å². The van der Waals surface area contributed by atoms with E-state index in [1.54, 1.807) is 36.4 Å². The van der Waals surface area contributed by atoms with Crippen LogP contribution < -0.4 is 15.6 Å². The lowest BCUT2D eigenvalue weighted by atomic mass is 10.1. The molecule has 33 heavy (non-hydrogen) atoms. The number of amides is 1. The number of hydrogen-bond acceptors (Lipinski definition) is 6. The van der Waals surface area contributed by atoms with Crippen molar-refractivity contribution < 1.29 is 19.1 Å². The van der Waals surface area contributed by atoms with Crippen LogP contribution in [0.5, 0.6) is 5.75 Å². The molecule has 0 bridgehead atoms. The predicted octanol–water partition coefficient (Wildman–Crippen LogP) is 4.43. The number of fused-ring (bicyclic) bond motifs is 1. The first-order chi connectivity index (χ1) is 15.9. The maximum Gasteiger partial charge on any atom is 0.359 e. The van der Waals surface area contributed by atoms with Gasteiger partial charge in [0, 0.05) is 17.6 Å². The summed E-state index contributed by atoms with van der Waals surface area (Å²) in [4.78, 5) is 37.8. The molecule has 0 unspecified atom stereocenters. The zero-order valence-corrected chi connectivity index (χ0v) is 19.4. The fourth-order valence-electron chi connectivity index (χ4n) is 3.37. The lowest BCUT2D eigenvalue weighted by molar-refractivity contribution is -0.119. The Kier molecular flexibility index (Phi) is 8.43. The summed E-state index contributed by atoms with van der Waals surface area (Å²) in [6, 6.07) is 11.5. The molecule has 0 aliphatic heterocycles. The van der Waals surface area contributed by atoms with E-state index in [-0.39, 0.29) is 11.3 Å². The number of ether oxygens (including phenoxy) is 2. The van der Waals surface area contributed by atoms with Crippen molar-refractivity contribution in [2.75, 3.05) is 19.0 Å². The van der Waals surface area contributed by atoms with Crippen molar-refractivity contribution >= 4 is 39.9 Å². The number of nitrogens with one attached hydrogen (secondary N) is 1. The molecule has 174 valence electrons. The lowest BCUT2D eigenvalue weighted by Gasteiger charge is -2.11. The van der Waals surface area contributed by atoms with E-state index >= 15 is 0 Å². The summed E-state index contributed by atoms with van der Waals surface area (Å²) < 4.78 is 11.6. The average molecular weight is 472 g/mol. The van der Waals surface area contributed by atoms with Crippen LogP contribution in [0.1, 0.15) is 43.1 Å². The summed E-state index contributed by atoms with van der Waals surface area (Å²) in [6.07, 6.45) is 3.88. The van der Waals surface area contributed by atoms with Crippen LogP contribution in [0.15, 0.2) is 47.3 Å². The van der Waals surface area contributed by atoms with Gasteiger partial charge in [0.1, 0.15) is 5.75 Å². The van der Waals surface area contributed by atoms with Crippen molar-refractivity contribution in [2.45, 2.75) is 39.2 Å². The number of rotatable bonds is 10. The summed E-state index contributed by atoms with van der Waals surface area (Å²) in [6.45, 7) is 1.99. The van der Waals surface area contributed by atoms with Crippen molar-refractivity contribution in [3.05, 3.63) is 63.5 Å². The summed E-state index contributed by atoms with van der Waals surface area (Å²) in [5, 5.41) is 7.97. The van der Waals surface area contributed by atoms with Gasteiger partial charge in [-0.05, 0) is 30.7 Å². The van der Waals surface area contributed by atoms with Gasteiger partial charge in [-0.3, -0.25) is 9.59 Å². The van der Waals surface area contributed by atoms with Gasteiger partial charge in [0.25, 0.3) is 11.5 Å². The van der Waals surface area contributed by atoms with Crippen molar-refractivity contribution in [2.24, 2.45) is 0 Å². The minimum atomic E-state index is -0.781. The number of benzene rings is 2. The minimum Gasteiger partial charge on any atom is -0.495 e. The highest BCUT2D eigenvalue weighted by Crippen LogP contribution is 2.27. The molecule has 0 saturated heterocycles. The van der Waals surface area contributed by atoms with Crippen LogP contribution in [-0.4, -0.2) is 35.4 Å². The Hall–Kier alpha value is -3.39. The van der Waals surface area contributed by atoms with E-state index in [2.05, 4.69) is 17.3 Å². The molecule has 3 rings (SSSR count). The van der Waals surface area contributed by atoms with Crippen molar-refractivity contribution in [3.8, 4) is 5.75 Å². The molecule has 3 aromatic rings. The minimum absolute atomic E-state index is 0.000911. The van der Waals surface area contributed by atoms with Crippen molar-refractivity contribution in [1.29, 1.82) is 0 Å². The van der Waals surface area contributed by atoms with Crippen LogP contribution in [0.4, 0.5) is 5.69 Å². The molecular weight excluding hydrogens is 446 g/mol. The molecule has 2 aromatic carbocycles. The van der Waals surface area contributed by atoms with Gasteiger partial charge in [-0.25, -0.2) is 9.48 Å². The molecule has 0 radical (unpaired) electrons. The highest BCUT2D eigenvalue weighted by atomic mass is 35.5. The van der Waals surface area contributed by atoms with Crippen LogP contribution in [-0.2, 0) is 16.1 Å². The van der Waals surface area contributed by atoms with Crippen LogP contribution in [0.25, 0.3) is 10.8 Å². The van der Waals surface area contributed by atoms with E-state index in [0.29, 0.717) is 33.8 Å². The number of methoxy groups -OCH3 is 1. The maximum atomic E-state index is 12.8. The van der Waals surface area contributed by atoms with Gasteiger partial charge in [-0.15, -0.1) is 0 Å². The molecule has 8 nitrogen and oxygen atoms in total. The number of hydrogen-bond donors (Lipinski definition) is 1. The largest absolute Gasteiger partial charge is 0.495 e. The molecule has 0 aliphatic carbocycles. The van der Waals surface area contributed by atoms with Gasteiger partial charge in [-0.1, -0.05) is 56.0 Å². The fourth-order valence-corrected chi connectivity index (χ4v) is 3.62. The van der Waals surface area contributed by atoms with Crippen molar-refractivity contribution in [1.82, 2.24) is 9.78 Å². The second-order valence-corrected chi connectivity index (χ2v) is 7.86. The van der Waals surface area contributed by atoms with E-state index in [4.69, 9.17) is 21.1 Å². The molecule has 0 spiro atoms. The van der Waals surface area contributed by atoms with E-state index in [0.717, 1.165) is 25.7 Å². The average Bonchev–Trinajstić information content (AvgIpc) is 2.82. The van der Waals surface area contributed by atoms with Crippen LogP contribution in [0, 0.1) is 0 Å². The third kappa shape index (κ3) is 6.10. The number of aryl methyl sites for hydroxylation is 1. The standard InChI is InChI=1S/C24H26ClN3O5/c1-3-4-5-8-13-28-23(30)18-10-7-6-9-17(18)22(27-28)24(31)33-15-21(29)26-16-11-12-20(32-2)19(25)14-16/h6-7,9-12,14H,3-5,8,13,15H2,1-2H3,(H,26,29). The Balaban J connectivity index is 1.73. The number of carbonyl (C=O) groups is 2. The quantitative estimate of drug-likeness (QED) is 0.347. The monoisotopic (exact) mass is 471 g/mol. The zero-order chi connectivity index (χ0) is 23.8. The summed E-state index contributed by atoms with van der Waals surface area (Å²) in [5.74, 6) is -0.845. The molecule has 0 aliphatic rings. The number of anilines is 1. The van der Waals surface area contributed by atoms with Crippen LogP contribution in [0.3, 0.4) is 0 Å². The van der Waals surface area contributed by atoms with Gasteiger partial charge in [0.2, 0.25) is 0 Å². The maximum absolute atomic E-state index is 12.8. The van der Waals surface area contributed by atoms with E-state index in [9.17, 15) is 14.4 Å². The van der Waals surface area contributed by atoms with Crippen LogP contribution >= 0.6 is 11.6 Å². The predicted molar refractivity (Wildman–Crippen MR) is 127 cm³/mol. The highest BCUT2D eigenvalue weighted by Gasteiger charge is 2.19. The van der Waals surface area contributed by atoms with Gasteiger partial charge in [0.15, 0.2) is 12.3 Å². The number of nitrogens with zero attached hydrogens (tertiary/aromatic N) is 2. The molecule has 0 saturated carbocycles. The molecule has 0 fully saturated rings. The number of aromatic nitrogens is 2. The third-order valence-corrected chi connectivity index (χ3v) is 5.35.